The van der Waals surface area contributed by atoms with Crippen LogP contribution in [0.15, 0.2) is 36.4 Å². The number of nitrogens with zero attached hydrogens (tertiary/aromatic N) is 1. The lowest BCUT2D eigenvalue weighted by Gasteiger charge is -2.30. The molecule has 0 saturated carbocycles. The number of phenols is 1. The average Bonchev–Trinajstić information content (AvgIpc) is 2.58. The average molecular weight is 353 g/mol. The first-order valence-corrected chi connectivity index (χ1v) is 8.23. The summed E-state index contributed by atoms with van der Waals surface area (Å²) in [6, 6.07) is 11.4. The van der Waals surface area contributed by atoms with Crippen molar-refractivity contribution in [2.45, 2.75) is 6.54 Å². The topological polar surface area (TPSA) is 44.7 Å². The number of rotatable bonds is 4. The standard InChI is InChI=1S/C17H18Cl2N2O2/c18-13-9-14(19)17(22)15(10-13)20-11-12-3-1-2-4-16(12)21-5-7-23-8-6-21/h1-4,9-10,20,22H,5-8,11H2. The van der Waals surface area contributed by atoms with Gasteiger partial charge < -0.3 is 20.1 Å². The van der Waals surface area contributed by atoms with Crippen molar-refractivity contribution in [1.82, 2.24) is 0 Å². The molecular formula is C17H18Cl2N2O2. The van der Waals surface area contributed by atoms with E-state index < -0.39 is 0 Å². The number of nitrogens with one attached hydrogen (secondary N) is 1. The van der Waals surface area contributed by atoms with Crippen molar-refractivity contribution in [2.24, 2.45) is 0 Å². The van der Waals surface area contributed by atoms with Gasteiger partial charge in [0.1, 0.15) is 0 Å². The molecule has 3 rings (SSSR count). The van der Waals surface area contributed by atoms with Crippen LogP contribution in [-0.2, 0) is 11.3 Å². The highest BCUT2D eigenvalue weighted by Gasteiger charge is 2.15. The fourth-order valence-corrected chi connectivity index (χ4v) is 3.16. The van der Waals surface area contributed by atoms with Crippen LogP contribution >= 0.6 is 23.2 Å². The summed E-state index contributed by atoms with van der Waals surface area (Å²) in [5.41, 5.74) is 2.85. The predicted molar refractivity (Wildman–Crippen MR) is 94.9 cm³/mol. The van der Waals surface area contributed by atoms with Gasteiger partial charge in [-0.25, -0.2) is 0 Å². The van der Waals surface area contributed by atoms with Gasteiger partial charge >= 0.3 is 0 Å². The molecule has 0 atom stereocenters. The normalized spacial score (nSPS) is 14.8. The van der Waals surface area contributed by atoms with Crippen LogP contribution in [-0.4, -0.2) is 31.4 Å². The molecule has 1 aliphatic rings. The highest BCUT2D eigenvalue weighted by atomic mass is 35.5. The van der Waals surface area contributed by atoms with Crippen molar-refractivity contribution in [3.63, 3.8) is 0 Å². The lowest BCUT2D eigenvalue weighted by Crippen LogP contribution is -2.36. The Morgan fingerprint density at radius 2 is 1.87 bits per heavy atom. The van der Waals surface area contributed by atoms with Gasteiger partial charge in [-0.1, -0.05) is 41.4 Å². The first kappa shape index (κ1) is 16.2. The third kappa shape index (κ3) is 3.83. The third-order valence-electron chi connectivity index (χ3n) is 3.84. The summed E-state index contributed by atoms with van der Waals surface area (Å²) in [6.07, 6.45) is 0. The van der Waals surface area contributed by atoms with E-state index in [4.69, 9.17) is 27.9 Å². The second-order valence-corrected chi connectivity index (χ2v) is 6.21. The number of hydrogen-bond donors (Lipinski definition) is 2. The Bertz CT molecular complexity index is 688. The number of phenolic OH excluding ortho intramolecular Hbond substituents is 1. The van der Waals surface area contributed by atoms with Gasteiger partial charge in [-0.3, -0.25) is 0 Å². The van der Waals surface area contributed by atoms with Crippen LogP contribution in [0.4, 0.5) is 11.4 Å². The largest absolute Gasteiger partial charge is 0.504 e. The maximum absolute atomic E-state index is 10.0. The fourth-order valence-electron chi connectivity index (χ4n) is 2.66. The smallest absolute Gasteiger partial charge is 0.157 e. The number of hydrogen-bond acceptors (Lipinski definition) is 4. The molecule has 23 heavy (non-hydrogen) atoms. The fraction of sp³-hybridized carbons (Fsp3) is 0.294. The maximum Gasteiger partial charge on any atom is 0.157 e. The number of morpholine rings is 1. The van der Waals surface area contributed by atoms with Crippen LogP contribution in [0.5, 0.6) is 5.75 Å². The van der Waals surface area contributed by atoms with E-state index in [-0.39, 0.29) is 10.8 Å². The van der Waals surface area contributed by atoms with Gasteiger partial charge in [-0.05, 0) is 23.8 Å². The number of halogens is 2. The Labute approximate surface area is 145 Å². The molecule has 0 radical (unpaired) electrons. The van der Waals surface area contributed by atoms with Gasteiger partial charge in [0.2, 0.25) is 0 Å². The summed E-state index contributed by atoms with van der Waals surface area (Å²) in [5.74, 6) is 0.0138. The summed E-state index contributed by atoms with van der Waals surface area (Å²) in [6.45, 7) is 3.81. The first-order valence-electron chi connectivity index (χ1n) is 7.47. The molecule has 2 aromatic rings. The highest BCUT2D eigenvalue weighted by Crippen LogP contribution is 2.35. The molecule has 1 aliphatic heterocycles. The quantitative estimate of drug-likeness (QED) is 0.811. The van der Waals surface area contributed by atoms with E-state index in [0.29, 0.717) is 17.3 Å². The van der Waals surface area contributed by atoms with Gasteiger partial charge in [-0.15, -0.1) is 0 Å². The molecule has 6 heteroatoms. The summed E-state index contributed by atoms with van der Waals surface area (Å²) in [4.78, 5) is 2.31. The molecule has 2 aromatic carbocycles. The second kappa shape index (κ2) is 7.30. The van der Waals surface area contributed by atoms with Crippen molar-refractivity contribution >= 4 is 34.6 Å². The Balaban J connectivity index is 1.78. The molecule has 0 spiro atoms. The number of para-hydroxylation sites is 1. The number of ether oxygens (including phenoxy) is 1. The Hall–Kier alpha value is -1.62. The molecule has 0 unspecified atom stereocenters. The van der Waals surface area contributed by atoms with Crippen molar-refractivity contribution in [3.8, 4) is 5.75 Å². The zero-order valence-electron chi connectivity index (χ0n) is 12.6. The summed E-state index contributed by atoms with van der Waals surface area (Å²) in [7, 11) is 0. The molecule has 122 valence electrons. The van der Waals surface area contributed by atoms with Gasteiger partial charge in [0.15, 0.2) is 5.75 Å². The Morgan fingerprint density at radius 3 is 2.65 bits per heavy atom. The van der Waals surface area contributed by atoms with Gasteiger partial charge in [0, 0.05) is 30.3 Å². The lowest BCUT2D eigenvalue weighted by atomic mass is 10.1. The van der Waals surface area contributed by atoms with Crippen molar-refractivity contribution in [3.05, 3.63) is 52.0 Å². The minimum absolute atomic E-state index is 0.0138. The SMILES string of the molecule is Oc1c(Cl)cc(Cl)cc1NCc1ccccc1N1CCOCC1. The minimum Gasteiger partial charge on any atom is -0.504 e. The van der Waals surface area contributed by atoms with Crippen molar-refractivity contribution in [1.29, 1.82) is 0 Å². The van der Waals surface area contributed by atoms with E-state index in [0.717, 1.165) is 31.9 Å². The Kier molecular flexibility index (Phi) is 5.16. The third-order valence-corrected chi connectivity index (χ3v) is 4.35. The predicted octanol–water partition coefficient (Wildman–Crippen LogP) is 4.15. The van der Waals surface area contributed by atoms with Gasteiger partial charge in [0.25, 0.3) is 0 Å². The molecular weight excluding hydrogens is 335 g/mol. The van der Waals surface area contributed by atoms with E-state index in [1.807, 2.05) is 12.1 Å². The van der Waals surface area contributed by atoms with E-state index in [9.17, 15) is 5.11 Å². The maximum atomic E-state index is 10.0. The van der Waals surface area contributed by atoms with Crippen LogP contribution in [0.25, 0.3) is 0 Å². The minimum atomic E-state index is 0.0138. The molecule has 0 bridgehead atoms. The van der Waals surface area contributed by atoms with E-state index in [1.165, 1.54) is 11.8 Å². The van der Waals surface area contributed by atoms with E-state index in [2.05, 4.69) is 22.3 Å². The number of aromatic hydroxyl groups is 1. The van der Waals surface area contributed by atoms with Crippen molar-refractivity contribution < 1.29 is 9.84 Å². The van der Waals surface area contributed by atoms with Crippen LogP contribution in [0.2, 0.25) is 10.0 Å². The van der Waals surface area contributed by atoms with E-state index in [1.54, 1.807) is 6.07 Å². The van der Waals surface area contributed by atoms with Crippen LogP contribution in [0, 0.1) is 0 Å². The summed E-state index contributed by atoms with van der Waals surface area (Å²) >= 11 is 12.0. The molecule has 4 nitrogen and oxygen atoms in total. The lowest BCUT2D eigenvalue weighted by molar-refractivity contribution is 0.122. The Morgan fingerprint density at radius 1 is 1.13 bits per heavy atom. The molecule has 0 aromatic heterocycles. The number of benzene rings is 2. The molecule has 0 amide bonds. The van der Waals surface area contributed by atoms with Crippen LogP contribution in [0.3, 0.4) is 0 Å². The monoisotopic (exact) mass is 352 g/mol. The second-order valence-electron chi connectivity index (χ2n) is 5.37. The molecule has 2 N–H and O–H groups in total. The molecule has 1 saturated heterocycles. The highest BCUT2D eigenvalue weighted by molar-refractivity contribution is 6.36. The van der Waals surface area contributed by atoms with Crippen molar-refractivity contribution in [2.75, 3.05) is 36.5 Å². The first-order chi connectivity index (χ1) is 11.1. The summed E-state index contributed by atoms with van der Waals surface area (Å²) < 4.78 is 5.41. The van der Waals surface area contributed by atoms with E-state index >= 15 is 0 Å². The number of anilines is 2. The summed E-state index contributed by atoms with van der Waals surface area (Å²) in [5, 5.41) is 14.0. The van der Waals surface area contributed by atoms with Gasteiger partial charge in [-0.2, -0.15) is 0 Å². The molecule has 1 fully saturated rings. The zero-order chi connectivity index (χ0) is 16.2. The van der Waals surface area contributed by atoms with Crippen LogP contribution in [0.1, 0.15) is 5.56 Å². The zero-order valence-corrected chi connectivity index (χ0v) is 14.1. The molecule has 0 aliphatic carbocycles. The van der Waals surface area contributed by atoms with Gasteiger partial charge in [0.05, 0.1) is 23.9 Å². The van der Waals surface area contributed by atoms with Crippen LogP contribution < -0.4 is 10.2 Å². The molecule has 1 heterocycles.